The lowest BCUT2D eigenvalue weighted by molar-refractivity contribution is 0.144. The van der Waals surface area contributed by atoms with E-state index in [9.17, 15) is 4.79 Å². The van der Waals surface area contributed by atoms with Crippen molar-refractivity contribution in [3.63, 3.8) is 0 Å². The quantitative estimate of drug-likeness (QED) is 0.608. The van der Waals surface area contributed by atoms with Crippen LogP contribution in [0.2, 0.25) is 5.02 Å². The fourth-order valence-electron chi connectivity index (χ4n) is 3.62. The van der Waals surface area contributed by atoms with E-state index in [0.717, 1.165) is 11.1 Å². The number of nitrogens with zero attached hydrogens (tertiary/aromatic N) is 1. The van der Waals surface area contributed by atoms with Gasteiger partial charge in [0.25, 0.3) is 0 Å². The number of ether oxygens (including phenoxy) is 1. The van der Waals surface area contributed by atoms with Crippen molar-refractivity contribution in [2.75, 3.05) is 13.2 Å². The molecule has 0 unspecified atom stereocenters. The summed E-state index contributed by atoms with van der Waals surface area (Å²) in [4.78, 5) is 12.1. The molecule has 0 atom stereocenters. The number of benzene rings is 3. The monoisotopic (exact) mass is 412 g/mol. The summed E-state index contributed by atoms with van der Waals surface area (Å²) in [5.74, 6) is 5.71. The minimum Gasteiger partial charge on any atom is -0.449 e. The Morgan fingerprint density at radius 2 is 1.67 bits per heavy atom. The second-order valence-electron chi connectivity index (χ2n) is 6.78. The molecule has 1 amide bonds. The Bertz CT molecular complexity index is 1170. The van der Waals surface area contributed by atoms with Crippen molar-refractivity contribution in [2.45, 2.75) is 5.92 Å². The van der Waals surface area contributed by atoms with Crippen LogP contribution in [0, 0.1) is 23.2 Å². The summed E-state index contributed by atoms with van der Waals surface area (Å²) >= 11 is 5.88. The number of hydrogen-bond acceptors (Lipinski definition) is 3. The first kappa shape index (κ1) is 19.6. The number of fused-ring (bicyclic) bond motifs is 3. The van der Waals surface area contributed by atoms with Crippen molar-refractivity contribution in [1.29, 1.82) is 5.26 Å². The maximum absolute atomic E-state index is 12.1. The van der Waals surface area contributed by atoms with Crippen LogP contribution >= 0.6 is 11.6 Å². The van der Waals surface area contributed by atoms with Gasteiger partial charge in [-0.1, -0.05) is 72.0 Å². The molecule has 1 aliphatic carbocycles. The van der Waals surface area contributed by atoms with E-state index in [-0.39, 0.29) is 19.1 Å². The van der Waals surface area contributed by atoms with Gasteiger partial charge in [-0.2, -0.15) is 5.26 Å². The first-order valence-corrected chi connectivity index (χ1v) is 9.82. The van der Waals surface area contributed by atoms with E-state index in [1.54, 1.807) is 18.2 Å². The molecule has 3 aromatic rings. The van der Waals surface area contributed by atoms with Crippen LogP contribution in [0.5, 0.6) is 0 Å². The standard InChI is InChI=1S/C25H17ClN2O2/c26-19-12-11-17(18(14-19)15-27)6-5-13-28-25(29)30-16-24-22-9-3-1-7-20(22)21-8-2-4-10-23(21)24/h1-4,7-12,14,24H,13,16H2,(H,28,29). The van der Waals surface area contributed by atoms with Gasteiger partial charge in [-0.15, -0.1) is 0 Å². The fraction of sp³-hybridized carbons (Fsp3) is 0.120. The summed E-state index contributed by atoms with van der Waals surface area (Å²) in [6.45, 7) is 0.368. The lowest BCUT2D eigenvalue weighted by atomic mass is 9.98. The molecular weight excluding hydrogens is 396 g/mol. The second-order valence-corrected chi connectivity index (χ2v) is 7.22. The minimum atomic E-state index is -0.525. The molecule has 146 valence electrons. The maximum atomic E-state index is 12.1. The molecular formula is C25H17ClN2O2. The van der Waals surface area contributed by atoms with Crippen LogP contribution < -0.4 is 5.32 Å². The average molecular weight is 413 g/mol. The van der Waals surface area contributed by atoms with Gasteiger partial charge in [0.15, 0.2) is 0 Å². The highest BCUT2D eigenvalue weighted by Gasteiger charge is 2.28. The molecule has 1 aliphatic rings. The van der Waals surface area contributed by atoms with Crippen molar-refractivity contribution in [3.8, 4) is 29.0 Å². The molecule has 0 bridgehead atoms. The first-order valence-electron chi connectivity index (χ1n) is 9.44. The SMILES string of the molecule is N#Cc1cc(Cl)ccc1C#CCNC(=O)OCC1c2ccccc2-c2ccccc21. The zero-order valence-electron chi connectivity index (χ0n) is 16.0. The van der Waals surface area contributed by atoms with Gasteiger partial charge >= 0.3 is 6.09 Å². The van der Waals surface area contributed by atoms with E-state index in [0.29, 0.717) is 16.1 Å². The Morgan fingerprint density at radius 3 is 2.33 bits per heavy atom. The summed E-state index contributed by atoms with van der Waals surface area (Å²) in [5, 5.41) is 12.2. The Kier molecular flexibility index (Phi) is 5.70. The van der Waals surface area contributed by atoms with Crippen molar-refractivity contribution in [1.82, 2.24) is 5.32 Å². The maximum Gasteiger partial charge on any atom is 0.407 e. The lowest BCUT2D eigenvalue weighted by Crippen LogP contribution is -2.26. The Hall–Kier alpha value is -3.73. The summed E-state index contributed by atoms with van der Waals surface area (Å²) in [7, 11) is 0. The number of hydrogen-bond donors (Lipinski definition) is 1. The lowest BCUT2D eigenvalue weighted by Gasteiger charge is -2.14. The molecule has 0 saturated heterocycles. The van der Waals surface area contributed by atoms with Crippen LogP contribution in [0.4, 0.5) is 4.79 Å². The van der Waals surface area contributed by atoms with Gasteiger partial charge < -0.3 is 10.1 Å². The van der Waals surface area contributed by atoms with E-state index < -0.39 is 6.09 Å². The van der Waals surface area contributed by atoms with Gasteiger partial charge in [0.1, 0.15) is 12.7 Å². The topological polar surface area (TPSA) is 62.1 Å². The van der Waals surface area contributed by atoms with E-state index in [1.807, 2.05) is 24.3 Å². The number of halogens is 1. The number of alkyl carbamates (subject to hydrolysis) is 1. The highest BCUT2D eigenvalue weighted by atomic mass is 35.5. The zero-order valence-corrected chi connectivity index (χ0v) is 16.7. The molecule has 3 aromatic carbocycles. The smallest absolute Gasteiger partial charge is 0.407 e. The Balaban J connectivity index is 1.36. The second kappa shape index (κ2) is 8.74. The molecule has 4 nitrogen and oxygen atoms in total. The third-order valence-electron chi connectivity index (χ3n) is 4.99. The summed E-state index contributed by atoms with van der Waals surface area (Å²) in [6.07, 6.45) is -0.525. The Labute approximate surface area is 180 Å². The van der Waals surface area contributed by atoms with E-state index in [1.165, 1.54) is 11.1 Å². The van der Waals surface area contributed by atoms with E-state index in [4.69, 9.17) is 21.6 Å². The third kappa shape index (κ3) is 4.01. The van der Waals surface area contributed by atoms with Crippen LogP contribution in [0.3, 0.4) is 0 Å². The number of carbonyl (C=O) groups is 1. The van der Waals surface area contributed by atoms with Gasteiger partial charge in [-0.3, -0.25) is 0 Å². The molecule has 1 N–H and O–H groups in total. The van der Waals surface area contributed by atoms with Crippen LogP contribution in [-0.4, -0.2) is 19.2 Å². The van der Waals surface area contributed by atoms with Gasteiger partial charge in [-0.05, 0) is 40.5 Å². The first-order chi connectivity index (χ1) is 14.7. The van der Waals surface area contributed by atoms with Crippen molar-refractivity contribution < 1.29 is 9.53 Å². The Morgan fingerprint density at radius 1 is 1.00 bits per heavy atom. The predicted octanol–water partition coefficient (Wildman–Crippen LogP) is 5.10. The van der Waals surface area contributed by atoms with E-state index in [2.05, 4.69) is 47.5 Å². The highest BCUT2D eigenvalue weighted by Crippen LogP contribution is 2.44. The largest absolute Gasteiger partial charge is 0.449 e. The molecule has 0 aromatic heterocycles. The van der Waals surface area contributed by atoms with Crippen LogP contribution in [0.1, 0.15) is 28.2 Å². The summed E-state index contributed by atoms with van der Waals surface area (Å²) in [5.41, 5.74) is 5.66. The molecule has 30 heavy (non-hydrogen) atoms. The van der Waals surface area contributed by atoms with Crippen molar-refractivity contribution >= 4 is 17.7 Å². The van der Waals surface area contributed by atoms with Crippen LogP contribution in [-0.2, 0) is 4.74 Å². The molecule has 0 radical (unpaired) electrons. The van der Waals surface area contributed by atoms with Gasteiger partial charge in [0.2, 0.25) is 0 Å². The molecule has 0 spiro atoms. The summed E-state index contributed by atoms with van der Waals surface area (Å²) < 4.78 is 5.46. The van der Waals surface area contributed by atoms with Crippen LogP contribution in [0.25, 0.3) is 11.1 Å². The third-order valence-corrected chi connectivity index (χ3v) is 5.23. The minimum absolute atomic E-state index is 0.0153. The molecule has 4 rings (SSSR count). The fourth-order valence-corrected chi connectivity index (χ4v) is 3.80. The number of amides is 1. The summed E-state index contributed by atoms with van der Waals surface area (Å²) in [6, 6.07) is 23.3. The van der Waals surface area contributed by atoms with Gasteiger partial charge in [0, 0.05) is 16.5 Å². The number of rotatable bonds is 3. The number of carbonyl (C=O) groups excluding carboxylic acids is 1. The highest BCUT2D eigenvalue weighted by molar-refractivity contribution is 6.30. The molecule has 0 fully saturated rings. The van der Waals surface area contributed by atoms with Crippen molar-refractivity contribution in [3.05, 3.63) is 94.0 Å². The molecule has 0 aliphatic heterocycles. The molecule has 0 heterocycles. The van der Waals surface area contributed by atoms with E-state index >= 15 is 0 Å². The number of nitriles is 1. The van der Waals surface area contributed by atoms with Gasteiger partial charge in [-0.25, -0.2) is 4.79 Å². The average Bonchev–Trinajstić information content (AvgIpc) is 3.10. The van der Waals surface area contributed by atoms with Crippen LogP contribution in [0.15, 0.2) is 66.7 Å². The predicted molar refractivity (Wildman–Crippen MR) is 116 cm³/mol. The van der Waals surface area contributed by atoms with Crippen molar-refractivity contribution in [2.24, 2.45) is 0 Å². The molecule has 5 heteroatoms. The van der Waals surface area contributed by atoms with Gasteiger partial charge in [0.05, 0.1) is 12.1 Å². The molecule has 0 saturated carbocycles. The normalized spacial score (nSPS) is 11.5. The number of nitrogens with one attached hydrogen (secondary N) is 1. The zero-order chi connectivity index (χ0) is 20.9.